The number of hydrogen-bond acceptors (Lipinski definition) is 3. The van der Waals surface area contributed by atoms with Crippen LogP contribution in [0, 0.1) is 0 Å². The molecule has 0 bridgehead atoms. The van der Waals surface area contributed by atoms with Crippen LogP contribution in [0.5, 0.6) is 0 Å². The Kier molecular flexibility index (Phi) is 30.9. The number of carbonyl (C=O) groups is 1. The average molecular weight is 443 g/mol. The van der Waals surface area contributed by atoms with Gasteiger partial charge in [0, 0.05) is 27.1 Å². The molecule has 0 aliphatic carbocycles. The lowest BCUT2D eigenvalue weighted by Gasteiger charge is -2.08. The number of hydrogen-bond donors (Lipinski definition) is 2. The first-order chi connectivity index (χ1) is 15.0. The molecule has 0 radical (unpaired) electrons. The van der Waals surface area contributed by atoms with Crippen LogP contribution in [-0.4, -0.2) is 36.7 Å². The Hall–Kier alpha value is -0.610. The first kappa shape index (κ1) is 32.6. The Labute approximate surface area is 195 Å². The van der Waals surface area contributed by atoms with Crippen molar-refractivity contribution in [1.29, 1.82) is 0 Å². The van der Waals surface area contributed by atoms with Crippen LogP contribution in [0.25, 0.3) is 0 Å². The van der Waals surface area contributed by atoms with E-state index in [2.05, 4.69) is 19.3 Å². The quantitative estimate of drug-likeness (QED) is 0.123. The molecular formula is C27H58N2O2. The molecule has 4 nitrogen and oxygen atoms in total. The normalized spacial score (nSPS) is 10.9. The fraction of sp³-hybridized carbons (Fsp3) is 0.963. The largest absolute Gasteiger partial charge is 0.481 e. The summed E-state index contributed by atoms with van der Waals surface area (Å²) >= 11 is 0. The molecule has 4 heteroatoms. The van der Waals surface area contributed by atoms with Crippen LogP contribution in [0.4, 0.5) is 0 Å². The van der Waals surface area contributed by atoms with Gasteiger partial charge in [0.25, 0.3) is 0 Å². The predicted octanol–water partition coefficient (Wildman–Crippen LogP) is 8.36. The van der Waals surface area contributed by atoms with Gasteiger partial charge >= 0.3 is 5.97 Å². The van der Waals surface area contributed by atoms with Crippen LogP contribution in [-0.2, 0) is 4.79 Å². The summed E-state index contributed by atoms with van der Waals surface area (Å²) < 4.78 is 0. The molecule has 0 aromatic heterocycles. The van der Waals surface area contributed by atoms with Gasteiger partial charge in [-0.2, -0.15) is 0 Å². The Morgan fingerprint density at radius 1 is 0.581 bits per heavy atom. The topological polar surface area (TPSA) is 52.6 Å². The van der Waals surface area contributed by atoms with Crippen molar-refractivity contribution in [2.45, 2.75) is 149 Å². The van der Waals surface area contributed by atoms with E-state index in [-0.39, 0.29) is 0 Å². The van der Waals surface area contributed by atoms with Crippen molar-refractivity contribution in [3.8, 4) is 0 Å². The Morgan fingerprint density at radius 2 is 0.903 bits per heavy atom. The zero-order valence-electron chi connectivity index (χ0n) is 21.9. The number of nitrogens with one attached hydrogen (secondary N) is 1. The SMILES string of the molecule is CCCCCCCCCCCCCCCCCCCCCC(=O)O.CCCNN(C)C. The molecule has 188 valence electrons. The van der Waals surface area contributed by atoms with Crippen LogP contribution in [0.2, 0.25) is 0 Å². The molecule has 0 saturated carbocycles. The summed E-state index contributed by atoms with van der Waals surface area (Å²) in [5.74, 6) is -0.651. The highest BCUT2D eigenvalue weighted by molar-refractivity contribution is 5.66. The summed E-state index contributed by atoms with van der Waals surface area (Å²) in [6.45, 7) is 5.51. The summed E-state index contributed by atoms with van der Waals surface area (Å²) in [4.78, 5) is 10.4. The molecular weight excluding hydrogens is 384 g/mol. The predicted molar refractivity (Wildman–Crippen MR) is 138 cm³/mol. The minimum Gasteiger partial charge on any atom is -0.481 e. The van der Waals surface area contributed by atoms with Gasteiger partial charge in [-0.05, 0) is 12.8 Å². The van der Waals surface area contributed by atoms with Crippen LogP contribution in [0.1, 0.15) is 149 Å². The molecule has 0 aliphatic heterocycles. The van der Waals surface area contributed by atoms with Gasteiger partial charge in [0.2, 0.25) is 0 Å². The first-order valence-electron chi connectivity index (χ1n) is 13.7. The molecule has 0 aromatic rings. The maximum Gasteiger partial charge on any atom is 0.303 e. The van der Waals surface area contributed by atoms with Crippen molar-refractivity contribution < 1.29 is 9.90 Å². The highest BCUT2D eigenvalue weighted by Gasteiger charge is 1.97. The molecule has 2 N–H and O–H groups in total. The van der Waals surface area contributed by atoms with Crippen LogP contribution in [0.15, 0.2) is 0 Å². The number of carboxylic acids is 1. The lowest BCUT2D eigenvalue weighted by Crippen LogP contribution is -2.30. The van der Waals surface area contributed by atoms with Gasteiger partial charge in [0.1, 0.15) is 0 Å². The van der Waals surface area contributed by atoms with E-state index in [0.29, 0.717) is 6.42 Å². The van der Waals surface area contributed by atoms with Crippen LogP contribution in [0.3, 0.4) is 0 Å². The Bertz CT molecular complexity index is 335. The van der Waals surface area contributed by atoms with E-state index in [0.717, 1.165) is 19.4 Å². The highest BCUT2D eigenvalue weighted by Crippen LogP contribution is 2.14. The van der Waals surface area contributed by atoms with Crippen molar-refractivity contribution in [3.05, 3.63) is 0 Å². The van der Waals surface area contributed by atoms with Gasteiger partial charge in [-0.1, -0.05) is 129 Å². The van der Waals surface area contributed by atoms with Crippen molar-refractivity contribution in [2.24, 2.45) is 0 Å². The number of carboxylic acid groups (broad SMARTS) is 1. The minimum absolute atomic E-state index is 0.346. The smallest absolute Gasteiger partial charge is 0.303 e. The van der Waals surface area contributed by atoms with Crippen molar-refractivity contribution in [1.82, 2.24) is 10.4 Å². The molecule has 31 heavy (non-hydrogen) atoms. The second-order valence-corrected chi connectivity index (χ2v) is 9.31. The van der Waals surface area contributed by atoms with Gasteiger partial charge in [-0.25, -0.2) is 0 Å². The van der Waals surface area contributed by atoms with Crippen molar-refractivity contribution in [2.75, 3.05) is 20.6 Å². The van der Waals surface area contributed by atoms with E-state index in [1.165, 1.54) is 116 Å². The lowest BCUT2D eigenvalue weighted by molar-refractivity contribution is -0.137. The summed E-state index contributed by atoms with van der Waals surface area (Å²) in [5.41, 5.74) is 3.13. The maximum atomic E-state index is 10.4. The molecule has 0 aromatic carbocycles. The van der Waals surface area contributed by atoms with E-state index in [1.54, 1.807) is 0 Å². The van der Waals surface area contributed by atoms with E-state index < -0.39 is 5.97 Å². The molecule has 0 atom stereocenters. The van der Waals surface area contributed by atoms with Gasteiger partial charge in [-0.3, -0.25) is 15.2 Å². The maximum absolute atomic E-state index is 10.4. The zero-order valence-corrected chi connectivity index (χ0v) is 21.9. The second-order valence-electron chi connectivity index (χ2n) is 9.31. The number of hydrazine groups is 1. The number of nitrogens with zero attached hydrogens (tertiary/aromatic N) is 1. The molecule has 0 spiro atoms. The first-order valence-corrected chi connectivity index (χ1v) is 13.7. The van der Waals surface area contributed by atoms with E-state index in [4.69, 9.17) is 5.11 Å². The third-order valence-electron chi connectivity index (χ3n) is 5.67. The molecule has 0 rings (SSSR count). The third-order valence-corrected chi connectivity index (χ3v) is 5.67. The monoisotopic (exact) mass is 442 g/mol. The molecule has 0 fully saturated rings. The second kappa shape index (κ2) is 29.4. The van der Waals surface area contributed by atoms with E-state index in [9.17, 15) is 4.79 Å². The summed E-state index contributed by atoms with van der Waals surface area (Å²) in [6, 6.07) is 0. The summed E-state index contributed by atoms with van der Waals surface area (Å²) in [6.07, 6.45) is 27.3. The fourth-order valence-corrected chi connectivity index (χ4v) is 3.69. The van der Waals surface area contributed by atoms with E-state index in [1.807, 2.05) is 19.1 Å². The highest BCUT2D eigenvalue weighted by atomic mass is 16.4. The summed E-state index contributed by atoms with van der Waals surface area (Å²) in [7, 11) is 3.99. The summed E-state index contributed by atoms with van der Waals surface area (Å²) in [5, 5.41) is 10.5. The van der Waals surface area contributed by atoms with Crippen LogP contribution >= 0.6 is 0 Å². The number of unbranched alkanes of at least 4 members (excludes halogenated alkanes) is 18. The van der Waals surface area contributed by atoms with E-state index >= 15 is 0 Å². The van der Waals surface area contributed by atoms with Gasteiger partial charge in [0.15, 0.2) is 0 Å². The zero-order chi connectivity index (χ0) is 23.4. The lowest BCUT2D eigenvalue weighted by atomic mass is 10.0. The number of aliphatic carboxylic acids is 1. The Morgan fingerprint density at radius 3 is 1.13 bits per heavy atom. The molecule has 0 heterocycles. The van der Waals surface area contributed by atoms with Gasteiger partial charge in [-0.15, -0.1) is 0 Å². The van der Waals surface area contributed by atoms with Gasteiger partial charge in [0.05, 0.1) is 0 Å². The average Bonchev–Trinajstić information content (AvgIpc) is 2.74. The fourth-order valence-electron chi connectivity index (χ4n) is 3.69. The minimum atomic E-state index is -0.651. The molecule has 0 saturated heterocycles. The molecule has 0 unspecified atom stereocenters. The van der Waals surface area contributed by atoms with Crippen molar-refractivity contribution >= 4 is 5.97 Å². The van der Waals surface area contributed by atoms with Crippen LogP contribution < -0.4 is 5.43 Å². The molecule has 0 aliphatic rings. The third kappa shape index (κ3) is 37.1. The standard InChI is InChI=1S/C22H44O2.C5H14N2/c1-2-3-4-5-6-7-8-9-10-11-12-13-14-15-16-17-18-19-20-21-22(23)24;1-4-5-6-7(2)3/h2-21H2,1H3,(H,23,24);6H,4-5H2,1-3H3. The van der Waals surface area contributed by atoms with Crippen molar-refractivity contribution in [3.63, 3.8) is 0 Å². The molecule has 0 amide bonds. The number of rotatable bonds is 23. The Balaban J connectivity index is 0. The van der Waals surface area contributed by atoms with Gasteiger partial charge < -0.3 is 5.11 Å².